The molecule has 1 aromatic heterocycles. The van der Waals surface area contributed by atoms with E-state index in [4.69, 9.17) is 0 Å². The summed E-state index contributed by atoms with van der Waals surface area (Å²) in [7, 11) is 0. The predicted octanol–water partition coefficient (Wildman–Crippen LogP) is 5.00. The van der Waals surface area contributed by atoms with Crippen molar-refractivity contribution >= 4 is 21.4 Å². The van der Waals surface area contributed by atoms with Crippen LogP contribution in [0.1, 0.15) is 44.6 Å². The van der Waals surface area contributed by atoms with Crippen molar-refractivity contribution in [3.8, 4) is 0 Å². The van der Waals surface area contributed by atoms with E-state index in [9.17, 15) is 0 Å². The van der Waals surface area contributed by atoms with Crippen molar-refractivity contribution in [2.24, 2.45) is 5.92 Å². The van der Waals surface area contributed by atoms with E-state index in [1.165, 1.54) is 55.2 Å². The van der Waals surface area contributed by atoms with Crippen LogP contribution in [0.2, 0.25) is 0 Å². The molecule has 20 heavy (non-hydrogen) atoms. The van der Waals surface area contributed by atoms with E-state index in [0.717, 1.165) is 12.0 Å². The van der Waals surface area contributed by atoms with Gasteiger partial charge in [0.2, 0.25) is 0 Å². The molecule has 2 heteroatoms. The third-order valence-electron chi connectivity index (χ3n) is 4.61. The van der Waals surface area contributed by atoms with Crippen LogP contribution in [0.25, 0.3) is 10.1 Å². The Morgan fingerprint density at radius 2 is 2.05 bits per heavy atom. The highest BCUT2D eigenvalue weighted by atomic mass is 32.1. The molecule has 0 amide bonds. The van der Waals surface area contributed by atoms with Crippen molar-refractivity contribution in [3.63, 3.8) is 0 Å². The monoisotopic (exact) mass is 287 g/mol. The molecule has 1 nitrogen and oxygen atoms in total. The largest absolute Gasteiger partial charge is 0.314 e. The molecule has 1 heterocycles. The van der Waals surface area contributed by atoms with Crippen molar-refractivity contribution in [1.29, 1.82) is 0 Å². The van der Waals surface area contributed by atoms with E-state index in [0.29, 0.717) is 0 Å². The normalized spacial score (nSPS) is 23.2. The molecular formula is C18H25NS. The van der Waals surface area contributed by atoms with Gasteiger partial charge in [-0.3, -0.25) is 0 Å². The first-order chi connectivity index (χ1) is 9.88. The lowest BCUT2D eigenvalue weighted by molar-refractivity contribution is 0.262. The first-order valence-electron chi connectivity index (χ1n) is 8.07. The highest BCUT2D eigenvalue weighted by Crippen LogP contribution is 2.32. The molecule has 1 aliphatic carbocycles. The minimum Gasteiger partial charge on any atom is -0.314 e. The Morgan fingerprint density at radius 1 is 1.20 bits per heavy atom. The molecule has 0 radical (unpaired) electrons. The molecule has 2 unspecified atom stereocenters. The van der Waals surface area contributed by atoms with Crippen LogP contribution >= 0.6 is 11.3 Å². The van der Waals surface area contributed by atoms with Gasteiger partial charge in [-0.2, -0.15) is 0 Å². The van der Waals surface area contributed by atoms with Gasteiger partial charge in [0.05, 0.1) is 0 Å². The van der Waals surface area contributed by atoms with E-state index in [-0.39, 0.29) is 0 Å². The van der Waals surface area contributed by atoms with Crippen molar-refractivity contribution in [3.05, 3.63) is 35.2 Å². The fourth-order valence-electron chi connectivity index (χ4n) is 3.52. The average Bonchev–Trinajstić information content (AvgIpc) is 2.90. The number of benzene rings is 1. The zero-order chi connectivity index (χ0) is 13.8. The zero-order valence-corrected chi connectivity index (χ0v) is 13.2. The summed E-state index contributed by atoms with van der Waals surface area (Å²) in [4.78, 5) is 0. The summed E-state index contributed by atoms with van der Waals surface area (Å²) in [6.45, 7) is 3.43. The van der Waals surface area contributed by atoms with Gasteiger partial charge in [-0.1, -0.05) is 38.0 Å². The first kappa shape index (κ1) is 14.1. The topological polar surface area (TPSA) is 12.0 Å². The number of fused-ring (bicyclic) bond motifs is 1. The van der Waals surface area contributed by atoms with Crippen LogP contribution in [0.15, 0.2) is 29.6 Å². The van der Waals surface area contributed by atoms with Crippen LogP contribution in [0.3, 0.4) is 0 Å². The molecule has 0 bridgehead atoms. The van der Waals surface area contributed by atoms with Gasteiger partial charge < -0.3 is 5.32 Å². The third kappa shape index (κ3) is 3.07. The van der Waals surface area contributed by atoms with E-state index in [1.807, 2.05) is 11.3 Å². The second-order valence-corrected chi connectivity index (χ2v) is 6.98. The minimum atomic E-state index is 0.738. The first-order valence-corrected chi connectivity index (χ1v) is 8.95. The fraction of sp³-hybridized carbons (Fsp3) is 0.556. The number of nitrogens with one attached hydrogen (secondary N) is 1. The number of hydrogen-bond donors (Lipinski definition) is 1. The van der Waals surface area contributed by atoms with Gasteiger partial charge in [0.1, 0.15) is 0 Å². The second-order valence-electron chi connectivity index (χ2n) is 6.07. The van der Waals surface area contributed by atoms with Crippen LogP contribution in [0.5, 0.6) is 0 Å². The predicted molar refractivity (Wildman–Crippen MR) is 89.6 cm³/mol. The maximum absolute atomic E-state index is 3.79. The van der Waals surface area contributed by atoms with Crippen molar-refractivity contribution in [2.75, 3.05) is 6.54 Å². The Bertz CT molecular complexity index is 545. The van der Waals surface area contributed by atoms with Gasteiger partial charge >= 0.3 is 0 Å². The Balaban J connectivity index is 1.74. The minimum absolute atomic E-state index is 0.738. The average molecular weight is 287 g/mol. The highest BCUT2D eigenvalue weighted by molar-refractivity contribution is 7.17. The smallest absolute Gasteiger partial charge is 0.0345 e. The highest BCUT2D eigenvalue weighted by Gasteiger charge is 2.25. The lowest BCUT2D eigenvalue weighted by Gasteiger charge is -2.32. The summed E-state index contributed by atoms with van der Waals surface area (Å²) < 4.78 is 1.44. The van der Waals surface area contributed by atoms with Gasteiger partial charge in [0.25, 0.3) is 0 Å². The van der Waals surface area contributed by atoms with Crippen LogP contribution in [0.4, 0.5) is 0 Å². The second kappa shape index (κ2) is 6.73. The zero-order valence-electron chi connectivity index (χ0n) is 12.4. The summed E-state index contributed by atoms with van der Waals surface area (Å²) >= 11 is 1.90. The molecule has 2 atom stereocenters. The summed E-state index contributed by atoms with van der Waals surface area (Å²) in [5, 5.41) is 7.65. The van der Waals surface area contributed by atoms with E-state index in [1.54, 1.807) is 5.56 Å². The van der Waals surface area contributed by atoms with Gasteiger partial charge in [-0.25, -0.2) is 0 Å². The van der Waals surface area contributed by atoms with Gasteiger partial charge in [0.15, 0.2) is 0 Å². The van der Waals surface area contributed by atoms with Crippen LogP contribution < -0.4 is 5.32 Å². The molecule has 1 N–H and O–H groups in total. The molecule has 3 rings (SSSR count). The molecule has 1 fully saturated rings. The van der Waals surface area contributed by atoms with Crippen molar-refractivity contribution in [2.45, 2.75) is 51.5 Å². The Morgan fingerprint density at radius 3 is 2.95 bits per heavy atom. The van der Waals surface area contributed by atoms with Crippen LogP contribution in [-0.2, 0) is 6.42 Å². The standard InChI is InChI=1S/C18H25NS/c1-2-11-19-17-9-5-3-7-14(17)12-15-13-20-18-10-6-4-8-16(15)18/h4,6,8,10,13-14,17,19H,2-3,5,7,9,11-12H2,1H3. The van der Waals surface area contributed by atoms with E-state index in [2.05, 4.69) is 41.9 Å². The molecule has 108 valence electrons. The number of rotatable bonds is 5. The maximum Gasteiger partial charge on any atom is 0.0345 e. The molecule has 0 aliphatic heterocycles. The van der Waals surface area contributed by atoms with E-state index >= 15 is 0 Å². The number of thiophene rings is 1. The van der Waals surface area contributed by atoms with Gasteiger partial charge in [0, 0.05) is 10.7 Å². The lowest BCUT2D eigenvalue weighted by atomic mass is 9.80. The molecule has 1 aliphatic rings. The molecule has 0 saturated heterocycles. The molecule has 2 aromatic rings. The Kier molecular flexibility index (Phi) is 4.74. The fourth-order valence-corrected chi connectivity index (χ4v) is 4.50. The summed E-state index contributed by atoms with van der Waals surface area (Å²) in [5.41, 5.74) is 1.57. The van der Waals surface area contributed by atoms with Crippen LogP contribution in [-0.4, -0.2) is 12.6 Å². The van der Waals surface area contributed by atoms with Gasteiger partial charge in [-0.15, -0.1) is 11.3 Å². The quantitative estimate of drug-likeness (QED) is 0.816. The third-order valence-corrected chi connectivity index (χ3v) is 5.62. The van der Waals surface area contributed by atoms with Crippen molar-refractivity contribution in [1.82, 2.24) is 5.32 Å². The Labute approximate surface area is 126 Å². The van der Waals surface area contributed by atoms with Gasteiger partial charge in [-0.05, 0) is 60.5 Å². The van der Waals surface area contributed by atoms with Crippen molar-refractivity contribution < 1.29 is 0 Å². The summed E-state index contributed by atoms with van der Waals surface area (Å²) in [5.74, 6) is 0.827. The summed E-state index contributed by atoms with van der Waals surface area (Å²) in [6.07, 6.45) is 8.08. The van der Waals surface area contributed by atoms with Crippen LogP contribution in [0, 0.1) is 5.92 Å². The molecular weight excluding hydrogens is 262 g/mol. The SMILES string of the molecule is CCCNC1CCCCC1Cc1csc2ccccc12. The number of hydrogen-bond acceptors (Lipinski definition) is 2. The molecule has 0 spiro atoms. The molecule has 1 saturated carbocycles. The Hall–Kier alpha value is -0.860. The molecule has 1 aromatic carbocycles. The lowest BCUT2D eigenvalue weighted by Crippen LogP contribution is -2.39. The maximum atomic E-state index is 3.79. The summed E-state index contributed by atoms with van der Waals surface area (Å²) in [6, 6.07) is 9.60. The van der Waals surface area contributed by atoms with E-state index < -0.39 is 0 Å².